The SMILES string of the molecule is CCn1nc(C)c(OCc2ccccc2)c1-c1nnc(-c2nc(C(=O)NCc3ccc(OC)cc3OC)n3cc(C)ncc23)n1Cc1ccc(OC)cc1. The van der Waals surface area contributed by atoms with Crippen molar-refractivity contribution < 1.29 is 23.7 Å². The van der Waals surface area contributed by atoms with Gasteiger partial charge in [-0.3, -0.25) is 23.4 Å². The number of carbonyl (C=O) groups excluding carboxylic acids is 1. The highest BCUT2D eigenvalue weighted by atomic mass is 16.5. The van der Waals surface area contributed by atoms with E-state index in [0.717, 1.165) is 28.1 Å². The molecule has 1 N–H and O–H groups in total. The lowest BCUT2D eigenvalue weighted by atomic mass is 10.2. The van der Waals surface area contributed by atoms with E-state index in [4.69, 9.17) is 39.2 Å². The first-order valence-corrected chi connectivity index (χ1v) is 17.5. The number of amides is 1. The number of fused-ring (bicyclic) bond motifs is 1. The maximum Gasteiger partial charge on any atom is 0.287 e. The van der Waals surface area contributed by atoms with Crippen molar-refractivity contribution >= 4 is 11.4 Å². The normalized spacial score (nSPS) is 11.1. The summed E-state index contributed by atoms with van der Waals surface area (Å²) in [5.74, 6) is 3.34. The Morgan fingerprint density at radius 2 is 1.59 bits per heavy atom. The molecule has 0 saturated heterocycles. The zero-order chi connectivity index (χ0) is 37.8. The summed E-state index contributed by atoms with van der Waals surface area (Å²) in [7, 11) is 4.80. The number of aryl methyl sites for hydroxylation is 3. The summed E-state index contributed by atoms with van der Waals surface area (Å²) in [4.78, 5) is 23.4. The highest BCUT2D eigenvalue weighted by molar-refractivity contribution is 5.94. The molecule has 4 aromatic heterocycles. The van der Waals surface area contributed by atoms with Crippen molar-refractivity contribution in [3.8, 4) is 46.0 Å². The van der Waals surface area contributed by atoms with Crippen molar-refractivity contribution in [3.05, 3.63) is 119 Å². The molecule has 0 bridgehead atoms. The predicted molar refractivity (Wildman–Crippen MR) is 202 cm³/mol. The number of methoxy groups -OCH3 is 3. The molecule has 0 aliphatic rings. The molecule has 7 rings (SSSR count). The lowest BCUT2D eigenvalue weighted by molar-refractivity contribution is 0.0939. The molecule has 7 aromatic rings. The number of nitrogens with one attached hydrogen (secondary N) is 1. The van der Waals surface area contributed by atoms with Crippen LogP contribution in [-0.4, -0.2) is 66.2 Å². The molecule has 0 fully saturated rings. The summed E-state index contributed by atoms with van der Waals surface area (Å²) in [5.41, 5.74) is 5.91. The van der Waals surface area contributed by atoms with Crippen molar-refractivity contribution in [3.63, 3.8) is 0 Å². The van der Waals surface area contributed by atoms with Gasteiger partial charge in [-0.05, 0) is 56.2 Å². The van der Waals surface area contributed by atoms with E-state index in [-0.39, 0.29) is 12.4 Å². The fourth-order valence-corrected chi connectivity index (χ4v) is 6.29. The van der Waals surface area contributed by atoms with Crippen LogP contribution in [0.2, 0.25) is 0 Å². The summed E-state index contributed by atoms with van der Waals surface area (Å²) in [5, 5.41) is 17.3. The molecule has 1 amide bonds. The Balaban J connectivity index is 1.33. The molecule has 0 saturated carbocycles. The predicted octanol–water partition coefficient (Wildman–Crippen LogP) is 6.07. The van der Waals surface area contributed by atoms with Gasteiger partial charge in [-0.25, -0.2) is 4.98 Å². The Morgan fingerprint density at radius 1 is 0.852 bits per heavy atom. The van der Waals surface area contributed by atoms with E-state index in [9.17, 15) is 4.79 Å². The van der Waals surface area contributed by atoms with Crippen LogP contribution in [0.15, 0.2) is 85.2 Å². The minimum Gasteiger partial charge on any atom is -0.497 e. The van der Waals surface area contributed by atoms with Crippen LogP contribution in [0.5, 0.6) is 23.0 Å². The van der Waals surface area contributed by atoms with Crippen LogP contribution in [0.3, 0.4) is 0 Å². The summed E-state index contributed by atoms with van der Waals surface area (Å²) in [6.45, 7) is 7.28. The number of ether oxygens (including phenoxy) is 4. The minimum absolute atomic E-state index is 0.167. The maximum absolute atomic E-state index is 13.9. The molecule has 0 unspecified atom stereocenters. The van der Waals surface area contributed by atoms with Crippen molar-refractivity contribution in [1.82, 2.24) is 44.2 Å². The monoisotopic (exact) mass is 727 g/mol. The quantitative estimate of drug-likeness (QED) is 0.140. The molecule has 0 spiro atoms. The van der Waals surface area contributed by atoms with Gasteiger partial charge in [0, 0.05) is 30.9 Å². The van der Waals surface area contributed by atoms with Crippen LogP contribution >= 0.6 is 0 Å². The number of nitrogens with zero attached hydrogens (tertiary/aromatic N) is 8. The molecule has 0 aliphatic carbocycles. The molecule has 54 heavy (non-hydrogen) atoms. The number of rotatable bonds is 14. The Hall–Kier alpha value is -6.70. The van der Waals surface area contributed by atoms with E-state index >= 15 is 0 Å². The van der Waals surface area contributed by atoms with Gasteiger partial charge in [0.2, 0.25) is 5.82 Å². The smallest absolute Gasteiger partial charge is 0.287 e. The standard InChI is InChI=1S/C40H41N9O5/c1-7-49-35(36(26(3)46-49)54-24-28-11-9-8-10-12-28)38-45-44-37(48(38)23-27-13-16-30(51-4)17-14-27)34-32-21-41-25(2)22-47(32)39(43-34)40(50)42-20-29-15-18-31(52-5)19-33(29)53-6/h8-19,21-22H,7,20,23-24H2,1-6H3,(H,42,50). The number of benzene rings is 3. The third-order valence-corrected chi connectivity index (χ3v) is 9.06. The van der Waals surface area contributed by atoms with Crippen LogP contribution in [0.1, 0.15) is 45.6 Å². The zero-order valence-electron chi connectivity index (χ0n) is 31.0. The fraction of sp³-hybridized carbons (Fsp3) is 0.250. The van der Waals surface area contributed by atoms with E-state index < -0.39 is 5.91 Å². The van der Waals surface area contributed by atoms with E-state index in [1.165, 1.54) is 0 Å². The molecule has 0 atom stereocenters. The number of carbonyl (C=O) groups is 1. The molecule has 0 aliphatic heterocycles. The van der Waals surface area contributed by atoms with Gasteiger partial charge in [-0.1, -0.05) is 42.5 Å². The Kier molecular flexibility index (Phi) is 10.2. The fourth-order valence-electron chi connectivity index (χ4n) is 6.29. The number of hydrogen-bond donors (Lipinski definition) is 1. The average Bonchev–Trinajstić information content (AvgIpc) is 3.88. The Morgan fingerprint density at radius 3 is 2.31 bits per heavy atom. The van der Waals surface area contributed by atoms with Gasteiger partial charge in [0.05, 0.1) is 45.3 Å². The van der Waals surface area contributed by atoms with Crippen molar-refractivity contribution in [2.24, 2.45) is 0 Å². The molecule has 14 nitrogen and oxygen atoms in total. The number of imidazole rings is 1. The van der Waals surface area contributed by atoms with Crippen LogP contribution in [0.25, 0.3) is 28.6 Å². The Bertz CT molecular complexity index is 2420. The summed E-state index contributed by atoms with van der Waals surface area (Å²) >= 11 is 0. The van der Waals surface area contributed by atoms with E-state index in [2.05, 4.69) is 10.3 Å². The van der Waals surface area contributed by atoms with Crippen LogP contribution in [0.4, 0.5) is 0 Å². The largest absolute Gasteiger partial charge is 0.497 e. The summed E-state index contributed by atoms with van der Waals surface area (Å²) in [6.07, 6.45) is 3.48. The van der Waals surface area contributed by atoms with Gasteiger partial charge in [-0.2, -0.15) is 5.10 Å². The molecule has 3 aromatic carbocycles. The van der Waals surface area contributed by atoms with Crippen LogP contribution < -0.4 is 24.3 Å². The van der Waals surface area contributed by atoms with Gasteiger partial charge < -0.3 is 24.3 Å². The number of hydrogen-bond acceptors (Lipinski definition) is 10. The van der Waals surface area contributed by atoms with Crippen LogP contribution in [0, 0.1) is 13.8 Å². The average molecular weight is 728 g/mol. The van der Waals surface area contributed by atoms with E-state index in [0.29, 0.717) is 71.2 Å². The highest BCUT2D eigenvalue weighted by Crippen LogP contribution is 2.36. The van der Waals surface area contributed by atoms with E-state index in [1.54, 1.807) is 44.2 Å². The molecular formula is C40H41N9O5. The van der Waals surface area contributed by atoms with Crippen molar-refractivity contribution in [1.29, 1.82) is 0 Å². The molecule has 276 valence electrons. The second-order valence-electron chi connectivity index (χ2n) is 12.6. The molecule has 0 radical (unpaired) electrons. The zero-order valence-corrected chi connectivity index (χ0v) is 31.0. The van der Waals surface area contributed by atoms with Crippen molar-refractivity contribution in [2.75, 3.05) is 21.3 Å². The van der Waals surface area contributed by atoms with Gasteiger partial charge in [-0.15, -0.1) is 10.2 Å². The molecule has 14 heteroatoms. The summed E-state index contributed by atoms with van der Waals surface area (Å²) in [6, 6.07) is 23.2. The first-order valence-electron chi connectivity index (χ1n) is 17.5. The minimum atomic E-state index is -0.391. The van der Waals surface area contributed by atoms with E-state index in [1.807, 2.05) is 96.8 Å². The maximum atomic E-state index is 13.9. The second kappa shape index (κ2) is 15.5. The lowest BCUT2D eigenvalue weighted by Gasteiger charge is -2.13. The van der Waals surface area contributed by atoms with Gasteiger partial charge >= 0.3 is 0 Å². The molecular weight excluding hydrogens is 686 g/mol. The lowest BCUT2D eigenvalue weighted by Crippen LogP contribution is -2.25. The topological polar surface area (TPSA) is 145 Å². The Labute approximate surface area is 312 Å². The third-order valence-electron chi connectivity index (χ3n) is 9.06. The van der Waals surface area contributed by atoms with Gasteiger partial charge in [0.25, 0.3) is 5.91 Å². The van der Waals surface area contributed by atoms with Gasteiger partial charge in [0.15, 0.2) is 17.4 Å². The van der Waals surface area contributed by atoms with Crippen LogP contribution in [-0.2, 0) is 26.2 Å². The number of aromatic nitrogens is 8. The van der Waals surface area contributed by atoms with Crippen molar-refractivity contribution in [2.45, 2.75) is 47.0 Å². The second-order valence-corrected chi connectivity index (χ2v) is 12.6. The summed E-state index contributed by atoms with van der Waals surface area (Å²) < 4.78 is 28.4. The molecule has 4 heterocycles. The first kappa shape index (κ1) is 35.7. The highest BCUT2D eigenvalue weighted by Gasteiger charge is 2.29. The van der Waals surface area contributed by atoms with Gasteiger partial charge in [0.1, 0.15) is 40.9 Å². The third kappa shape index (κ3) is 7.05. The first-order chi connectivity index (χ1) is 26.3.